The highest BCUT2D eigenvalue weighted by Crippen LogP contribution is 2.16. The number of carbonyl (C=O) groups is 1. The molecule has 0 saturated carbocycles. The van der Waals surface area contributed by atoms with Gasteiger partial charge in [0.25, 0.3) is 5.56 Å². The van der Waals surface area contributed by atoms with Gasteiger partial charge >= 0.3 is 0 Å². The average Bonchev–Trinajstić information content (AvgIpc) is 2.53. The largest absolute Gasteiger partial charge is 0.324 e. The number of aromatic nitrogens is 2. The van der Waals surface area contributed by atoms with Crippen molar-refractivity contribution >= 4 is 22.4 Å². The van der Waals surface area contributed by atoms with Gasteiger partial charge < -0.3 is 5.32 Å². The molecule has 0 bridgehead atoms. The molecule has 1 amide bonds. The van der Waals surface area contributed by atoms with E-state index in [1.807, 2.05) is 44.2 Å². The summed E-state index contributed by atoms with van der Waals surface area (Å²) in [5.74, 6) is -0.276. The Balaban J connectivity index is 1.83. The number of fused-ring (bicyclic) bond motifs is 1. The summed E-state index contributed by atoms with van der Waals surface area (Å²) in [6.45, 7) is 3.82. The first-order valence-electron chi connectivity index (χ1n) is 7.36. The molecule has 0 fully saturated rings. The van der Waals surface area contributed by atoms with Crippen LogP contribution in [0.4, 0.5) is 5.69 Å². The third kappa shape index (κ3) is 3.13. The molecule has 0 radical (unpaired) electrons. The van der Waals surface area contributed by atoms with E-state index in [1.54, 1.807) is 18.3 Å². The zero-order valence-electron chi connectivity index (χ0n) is 13.0. The molecule has 3 rings (SSSR count). The molecule has 0 aliphatic heterocycles. The van der Waals surface area contributed by atoms with Gasteiger partial charge in [0, 0.05) is 11.1 Å². The number of nitrogens with one attached hydrogen (secondary N) is 1. The molecule has 0 aliphatic rings. The van der Waals surface area contributed by atoms with E-state index in [0.717, 1.165) is 22.2 Å². The van der Waals surface area contributed by atoms with Crippen LogP contribution in [0.3, 0.4) is 0 Å². The number of rotatable bonds is 3. The summed E-state index contributed by atoms with van der Waals surface area (Å²) >= 11 is 0. The van der Waals surface area contributed by atoms with Gasteiger partial charge in [-0.05, 0) is 31.5 Å². The molecule has 1 N–H and O–H groups in total. The van der Waals surface area contributed by atoms with Crippen molar-refractivity contribution in [1.82, 2.24) is 9.78 Å². The normalized spacial score (nSPS) is 10.7. The molecule has 1 heterocycles. The maximum Gasteiger partial charge on any atom is 0.275 e. The van der Waals surface area contributed by atoms with Crippen LogP contribution in [0.15, 0.2) is 53.5 Å². The number of amides is 1. The van der Waals surface area contributed by atoms with Gasteiger partial charge in [-0.1, -0.05) is 35.9 Å². The van der Waals surface area contributed by atoms with E-state index in [0.29, 0.717) is 5.39 Å². The molecule has 0 atom stereocenters. The summed E-state index contributed by atoms with van der Waals surface area (Å²) in [4.78, 5) is 24.5. The highest BCUT2D eigenvalue weighted by Gasteiger charge is 2.09. The molecule has 5 nitrogen and oxygen atoms in total. The van der Waals surface area contributed by atoms with Crippen LogP contribution in [0.1, 0.15) is 11.1 Å². The molecule has 2 aromatic carbocycles. The Labute approximate surface area is 133 Å². The van der Waals surface area contributed by atoms with Crippen molar-refractivity contribution in [3.8, 4) is 0 Å². The monoisotopic (exact) mass is 307 g/mol. The molecular formula is C18H17N3O2. The summed E-state index contributed by atoms with van der Waals surface area (Å²) in [6.07, 6.45) is 1.60. The first kappa shape index (κ1) is 15.0. The molecule has 116 valence electrons. The first-order chi connectivity index (χ1) is 11.0. The van der Waals surface area contributed by atoms with Gasteiger partial charge in [-0.15, -0.1) is 0 Å². The van der Waals surface area contributed by atoms with E-state index in [4.69, 9.17) is 0 Å². The van der Waals surface area contributed by atoms with E-state index in [1.165, 1.54) is 4.68 Å². The van der Waals surface area contributed by atoms with Crippen molar-refractivity contribution in [3.05, 3.63) is 70.1 Å². The van der Waals surface area contributed by atoms with Gasteiger partial charge in [0.05, 0.1) is 11.6 Å². The van der Waals surface area contributed by atoms with Crippen LogP contribution in [-0.4, -0.2) is 15.7 Å². The first-order valence-corrected chi connectivity index (χ1v) is 7.36. The molecule has 3 aromatic rings. The fraction of sp³-hybridized carbons (Fsp3) is 0.167. The van der Waals surface area contributed by atoms with Crippen LogP contribution in [0.2, 0.25) is 0 Å². The Morgan fingerprint density at radius 3 is 2.74 bits per heavy atom. The summed E-state index contributed by atoms with van der Waals surface area (Å²) < 4.78 is 1.18. The van der Waals surface area contributed by atoms with Crippen molar-refractivity contribution < 1.29 is 4.79 Å². The average molecular weight is 307 g/mol. The fourth-order valence-corrected chi connectivity index (χ4v) is 2.52. The van der Waals surface area contributed by atoms with Crippen LogP contribution >= 0.6 is 0 Å². The molecule has 1 aromatic heterocycles. The number of nitrogens with zero attached hydrogens (tertiary/aromatic N) is 2. The summed E-state index contributed by atoms with van der Waals surface area (Å²) in [5.41, 5.74) is 2.60. The van der Waals surface area contributed by atoms with Gasteiger partial charge in [0.15, 0.2) is 0 Å². The number of aryl methyl sites for hydroxylation is 2. The Bertz CT molecular complexity index is 944. The minimum absolute atomic E-state index is 0.114. The van der Waals surface area contributed by atoms with Crippen LogP contribution < -0.4 is 10.9 Å². The van der Waals surface area contributed by atoms with Crippen LogP contribution in [0, 0.1) is 13.8 Å². The minimum atomic E-state index is -0.276. The van der Waals surface area contributed by atoms with Crippen molar-refractivity contribution in [2.75, 3.05) is 5.32 Å². The SMILES string of the molecule is Cc1ccc(NC(=O)Cn2ncc3ccccc3c2=O)c(C)c1. The maximum atomic E-state index is 12.3. The summed E-state index contributed by atoms with van der Waals surface area (Å²) in [6, 6.07) is 13.0. The fourth-order valence-electron chi connectivity index (χ4n) is 2.52. The van der Waals surface area contributed by atoms with Gasteiger partial charge in [0.1, 0.15) is 6.54 Å². The molecule has 5 heteroatoms. The van der Waals surface area contributed by atoms with Crippen molar-refractivity contribution in [3.63, 3.8) is 0 Å². The van der Waals surface area contributed by atoms with Crippen molar-refractivity contribution in [2.24, 2.45) is 0 Å². The third-order valence-corrected chi connectivity index (χ3v) is 3.71. The number of anilines is 1. The van der Waals surface area contributed by atoms with Crippen LogP contribution in [0.5, 0.6) is 0 Å². The lowest BCUT2D eigenvalue weighted by atomic mass is 10.1. The molecule has 0 spiro atoms. The van der Waals surface area contributed by atoms with E-state index < -0.39 is 0 Å². The smallest absolute Gasteiger partial charge is 0.275 e. The molecule has 0 unspecified atom stereocenters. The predicted octanol–water partition coefficient (Wildman–Crippen LogP) is 2.65. The highest BCUT2D eigenvalue weighted by molar-refractivity contribution is 5.91. The molecule has 23 heavy (non-hydrogen) atoms. The van der Waals surface area contributed by atoms with Gasteiger partial charge in [-0.2, -0.15) is 5.10 Å². The lowest BCUT2D eigenvalue weighted by molar-refractivity contribution is -0.117. The molecule has 0 saturated heterocycles. The second kappa shape index (κ2) is 6.04. The van der Waals surface area contributed by atoms with E-state index in [2.05, 4.69) is 10.4 Å². The zero-order chi connectivity index (χ0) is 16.4. The van der Waals surface area contributed by atoms with Crippen LogP contribution in [0.25, 0.3) is 10.8 Å². The van der Waals surface area contributed by atoms with Crippen LogP contribution in [-0.2, 0) is 11.3 Å². The Morgan fingerprint density at radius 2 is 1.96 bits per heavy atom. The second-order valence-corrected chi connectivity index (χ2v) is 5.56. The van der Waals surface area contributed by atoms with Gasteiger partial charge in [-0.25, -0.2) is 4.68 Å². The van der Waals surface area contributed by atoms with E-state index in [-0.39, 0.29) is 18.0 Å². The maximum absolute atomic E-state index is 12.3. The lowest BCUT2D eigenvalue weighted by Gasteiger charge is -2.10. The molecular weight excluding hydrogens is 290 g/mol. The standard InChI is InChI=1S/C18H17N3O2/c1-12-7-8-16(13(2)9-12)20-17(22)11-21-18(23)15-6-4-3-5-14(15)10-19-21/h3-10H,11H2,1-2H3,(H,20,22). The number of hydrogen-bond donors (Lipinski definition) is 1. The molecule has 0 aliphatic carbocycles. The predicted molar refractivity (Wildman–Crippen MR) is 90.5 cm³/mol. The van der Waals surface area contributed by atoms with Crippen molar-refractivity contribution in [2.45, 2.75) is 20.4 Å². The summed E-state index contributed by atoms with van der Waals surface area (Å²) in [7, 11) is 0. The minimum Gasteiger partial charge on any atom is -0.324 e. The number of carbonyl (C=O) groups excluding carboxylic acids is 1. The highest BCUT2D eigenvalue weighted by atomic mass is 16.2. The zero-order valence-corrected chi connectivity index (χ0v) is 13.0. The Hall–Kier alpha value is -2.95. The van der Waals surface area contributed by atoms with E-state index >= 15 is 0 Å². The van der Waals surface area contributed by atoms with Crippen molar-refractivity contribution in [1.29, 1.82) is 0 Å². The van der Waals surface area contributed by atoms with E-state index in [9.17, 15) is 9.59 Å². The third-order valence-electron chi connectivity index (χ3n) is 3.71. The Morgan fingerprint density at radius 1 is 1.17 bits per heavy atom. The number of benzene rings is 2. The summed E-state index contributed by atoms with van der Waals surface area (Å²) in [5, 5.41) is 8.21. The second-order valence-electron chi connectivity index (χ2n) is 5.56. The van der Waals surface area contributed by atoms with Gasteiger partial charge in [0.2, 0.25) is 5.91 Å². The van der Waals surface area contributed by atoms with Gasteiger partial charge in [-0.3, -0.25) is 9.59 Å². The quantitative estimate of drug-likeness (QED) is 0.809. The lowest BCUT2D eigenvalue weighted by Crippen LogP contribution is -2.29. The Kier molecular flexibility index (Phi) is 3.93. The number of hydrogen-bond acceptors (Lipinski definition) is 3. The topological polar surface area (TPSA) is 64.0 Å².